The Balaban J connectivity index is 2.42. The van der Waals surface area contributed by atoms with Gasteiger partial charge < -0.3 is 15.8 Å². The molecule has 0 radical (unpaired) electrons. The van der Waals surface area contributed by atoms with Crippen molar-refractivity contribution >= 4 is 11.9 Å². The number of alkyl carbamates (subject to hydrolysis) is 1. The van der Waals surface area contributed by atoms with Crippen molar-refractivity contribution in [3.63, 3.8) is 0 Å². The summed E-state index contributed by atoms with van der Waals surface area (Å²) in [5, 5.41) is 2.73. The Morgan fingerprint density at radius 1 is 1.50 bits per heavy atom. The van der Waals surface area contributed by atoms with Crippen LogP contribution >= 0.6 is 0 Å². The molecular formula is C15H21N3O2. The fourth-order valence-corrected chi connectivity index (χ4v) is 1.35. The van der Waals surface area contributed by atoms with Gasteiger partial charge in [0.2, 0.25) is 0 Å². The van der Waals surface area contributed by atoms with Gasteiger partial charge in [-0.2, -0.15) is 0 Å². The van der Waals surface area contributed by atoms with Crippen molar-refractivity contribution in [1.82, 2.24) is 10.3 Å². The van der Waals surface area contributed by atoms with Crippen LogP contribution in [0.25, 0.3) is 0 Å². The van der Waals surface area contributed by atoms with Crippen LogP contribution in [0.4, 0.5) is 10.6 Å². The average Bonchev–Trinajstić information content (AvgIpc) is 2.29. The Kier molecular flexibility index (Phi) is 5.39. The second-order valence-electron chi connectivity index (χ2n) is 5.52. The number of nitrogens with one attached hydrogen (secondary N) is 1. The number of aromatic nitrogens is 1. The fourth-order valence-electron chi connectivity index (χ4n) is 1.35. The summed E-state index contributed by atoms with van der Waals surface area (Å²) in [7, 11) is 0. The third-order valence-electron chi connectivity index (χ3n) is 2.19. The van der Waals surface area contributed by atoms with E-state index in [1.165, 1.54) is 0 Å². The molecule has 1 rings (SSSR count). The molecule has 1 aromatic rings. The van der Waals surface area contributed by atoms with E-state index in [-0.39, 0.29) is 6.04 Å². The number of rotatable bonds is 2. The van der Waals surface area contributed by atoms with Crippen LogP contribution in [0.5, 0.6) is 0 Å². The number of nitrogen functional groups attached to an aromatic ring is 1. The highest BCUT2D eigenvalue weighted by atomic mass is 16.6. The highest BCUT2D eigenvalue weighted by molar-refractivity contribution is 5.68. The molecule has 0 fully saturated rings. The zero-order chi connectivity index (χ0) is 15.2. The number of nitrogens with two attached hydrogens (primary N) is 1. The number of amides is 1. The molecule has 0 aliphatic rings. The van der Waals surface area contributed by atoms with Gasteiger partial charge in [-0.25, -0.2) is 9.78 Å². The Hall–Kier alpha value is -2.22. The second kappa shape index (κ2) is 6.80. The van der Waals surface area contributed by atoms with Gasteiger partial charge in [-0.05, 0) is 39.8 Å². The fraction of sp³-hybridized carbons (Fsp3) is 0.467. The molecule has 3 N–H and O–H groups in total. The lowest BCUT2D eigenvalue weighted by molar-refractivity contribution is 0.0509. The van der Waals surface area contributed by atoms with Crippen LogP contribution in [-0.4, -0.2) is 22.7 Å². The molecule has 0 aliphatic carbocycles. The minimum absolute atomic E-state index is 0.0842. The van der Waals surface area contributed by atoms with Crippen LogP contribution in [0.1, 0.15) is 39.7 Å². The highest BCUT2D eigenvalue weighted by Gasteiger charge is 2.17. The molecule has 1 heterocycles. The highest BCUT2D eigenvalue weighted by Crippen LogP contribution is 2.07. The van der Waals surface area contributed by atoms with Crippen molar-refractivity contribution in [1.29, 1.82) is 0 Å². The number of pyridine rings is 1. The van der Waals surface area contributed by atoms with Crippen LogP contribution < -0.4 is 11.1 Å². The summed E-state index contributed by atoms with van der Waals surface area (Å²) in [5.41, 5.74) is 5.79. The first-order valence-corrected chi connectivity index (χ1v) is 6.46. The van der Waals surface area contributed by atoms with Crippen molar-refractivity contribution in [2.45, 2.75) is 45.8 Å². The molecule has 0 aromatic carbocycles. The molecule has 5 nitrogen and oxygen atoms in total. The maximum atomic E-state index is 11.5. The molecular weight excluding hydrogens is 254 g/mol. The van der Waals surface area contributed by atoms with Crippen molar-refractivity contribution in [3.05, 3.63) is 23.9 Å². The Labute approximate surface area is 119 Å². The minimum atomic E-state index is -0.495. The molecule has 108 valence electrons. The van der Waals surface area contributed by atoms with Crippen molar-refractivity contribution < 1.29 is 9.53 Å². The number of hydrogen-bond donors (Lipinski definition) is 2. The number of carbonyl (C=O) groups is 1. The number of nitrogens with zero attached hydrogens (tertiary/aromatic N) is 1. The van der Waals surface area contributed by atoms with Crippen molar-refractivity contribution in [2.75, 3.05) is 5.73 Å². The van der Waals surface area contributed by atoms with Gasteiger partial charge in [-0.15, -0.1) is 0 Å². The zero-order valence-corrected chi connectivity index (χ0v) is 12.4. The molecule has 0 bridgehead atoms. The summed E-state index contributed by atoms with van der Waals surface area (Å²) in [6.07, 6.45) is 1.72. The number of hydrogen-bond acceptors (Lipinski definition) is 4. The van der Waals surface area contributed by atoms with Gasteiger partial charge in [-0.1, -0.05) is 11.8 Å². The smallest absolute Gasteiger partial charge is 0.407 e. The van der Waals surface area contributed by atoms with Crippen LogP contribution in [0, 0.1) is 11.8 Å². The molecule has 0 spiro atoms. The summed E-state index contributed by atoms with van der Waals surface area (Å²) in [6.45, 7) is 7.35. The van der Waals surface area contributed by atoms with E-state index < -0.39 is 11.7 Å². The van der Waals surface area contributed by atoms with E-state index in [1.54, 1.807) is 18.3 Å². The van der Waals surface area contributed by atoms with Crippen LogP contribution in [0.2, 0.25) is 0 Å². The maximum absolute atomic E-state index is 11.5. The molecule has 0 saturated heterocycles. The van der Waals surface area contributed by atoms with Gasteiger partial charge in [0.25, 0.3) is 0 Å². The molecule has 0 saturated carbocycles. The second-order valence-corrected chi connectivity index (χ2v) is 5.52. The summed E-state index contributed by atoms with van der Waals surface area (Å²) >= 11 is 0. The van der Waals surface area contributed by atoms with E-state index >= 15 is 0 Å². The Morgan fingerprint density at radius 3 is 2.75 bits per heavy atom. The summed E-state index contributed by atoms with van der Waals surface area (Å²) in [4.78, 5) is 15.5. The third-order valence-corrected chi connectivity index (χ3v) is 2.19. The molecule has 1 aromatic heterocycles. The predicted molar refractivity (Wildman–Crippen MR) is 79.0 cm³/mol. The van der Waals surface area contributed by atoms with Gasteiger partial charge in [0, 0.05) is 24.2 Å². The van der Waals surface area contributed by atoms with Crippen molar-refractivity contribution in [3.8, 4) is 11.8 Å². The predicted octanol–water partition coefficient (Wildman–Crippen LogP) is 2.32. The SMILES string of the molecule is C[C@@H](CC#Cc1ccc(N)nc1)NC(=O)OC(C)(C)C. The lowest BCUT2D eigenvalue weighted by Gasteiger charge is -2.21. The van der Waals surface area contributed by atoms with E-state index in [2.05, 4.69) is 22.1 Å². The summed E-state index contributed by atoms with van der Waals surface area (Å²) < 4.78 is 5.16. The van der Waals surface area contributed by atoms with E-state index in [4.69, 9.17) is 10.5 Å². The largest absolute Gasteiger partial charge is 0.444 e. The van der Waals surface area contributed by atoms with E-state index in [1.807, 2.05) is 27.7 Å². The minimum Gasteiger partial charge on any atom is -0.444 e. The first-order valence-electron chi connectivity index (χ1n) is 6.46. The average molecular weight is 275 g/mol. The molecule has 0 unspecified atom stereocenters. The lowest BCUT2D eigenvalue weighted by atomic mass is 10.2. The molecule has 20 heavy (non-hydrogen) atoms. The first kappa shape index (κ1) is 15.8. The normalized spacial score (nSPS) is 12.0. The van der Waals surface area contributed by atoms with Crippen molar-refractivity contribution in [2.24, 2.45) is 0 Å². The van der Waals surface area contributed by atoms with Gasteiger partial charge in [0.15, 0.2) is 0 Å². The number of anilines is 1. The lowest BCUT2D eigenvalue weighted by Crippen LogP contribution is -2.37. The summed E-state index contributed by atoms with van der Waals surface area (Å²) in [5.74, 6) is 6.42. The number of ether oxygens (including phenoxy) is 1. The topological polar surface area (TPSA) is 77.2 Å². The first-order chi connectivity index (χ1) is 9.26. The van der Waals surface area contributed by atoms with Crippen LogP contribution in [0.3, 0.4) is 0 Å². The molecule has 1 atom stereocenters. The molecule has 1 amide bonds. The zero-order valence-electron chi connectivity index (χ0n) is 12.4. The molecule has 5 heteroatoms. The number of carbonyl (C=O) groups excluding carboxylic acids is 1. The molecule has 0 aliphatic heterocycles. The maximum Gasteiger partial charge on any atom is 0.407 e. The van der Waals surface area contributed by atoms with E-state index in [0.29, 0.717) is 12.2 Å². The monoisotopic (exact) mass is 275 g/mol. The standard InChI is InChI=1S/C15H21N3O2/c1-11(18-14(19)20-15(2,3)4)6-5-7-12-8-9-13(16)17-10-12/h8-11H,6H2,1-4H3,(H2,16,17)(H,18,19)/t11-/m0/s1. The van der Waals surface area contributed by atoms with E-state index in [0.717, 1.165) is 5.56 Å². The van der Waals surface area contributed by atoms with Gasteiger partial charge >= 0.3 is 6.09 Å². The van der Waals surface area contributed by atoms with Gasteiger partial charge in [-0.3, -0.25) is 0 Å². The van der Waals surface area contributed by atoms with Crippen LogP contribution in [0.15, 0.2) is 18.3 Å². The van der Waals surface area contributed by atoms with E-state index in [9.17, 15) is 4.79 Å². The summed E-state index contributed by atoms with van der Waals surface area (Å²) in [6, 6.07) is 3.42. The van der Waals surface area contributed by atoms with Gasteiger partial charge in [0.1, 0.15) is 11.4 Å². The Morgan fingerprint density at radius 2 is 2.20 bits per heavy atom. The Bertz CT molecular complexity index is 507. The third kappa shape index (κ3) is 6.64. The quantitative estimate of drug-likeness (QED) is 0.812. The van der Waals surface area contributed by atoms with Crippen LogP contribution in [-0.2, 0) is 4.74 Å². The van der Waals surface area contributed by atoms with Gasteiger partial charge in [0.05, 0.1) is 0 Å².